The highest BCUT2D eigenvalue weighted by Gasteiger charge is 2.40. The Labute approximate surface area is 218 Å². The number of nitrogens with zero attached hydrogens (tertiary/aromatic N) is 1. The van der Waals surface area contributed by atoms with Gasteiger partial charge in [-0.1, -0.05) is 13.0 Å². The van der Waals surface area contributed by atoms with Gasteiger partial charge in [0.1, 0.15) is 18.1 Å². The molecule has 198 valence electrons. The van der Waals surface area contributed by atoms with Crippen LogP contribution < -0.4 is 14.2 Å². The number of methoxy groups -OCH3 is 3. The maximum absolute atomic E-state index is 12.1. The summed E-state index contributed by atoms with van der Waals surface area (Å²) in [6.07, 6.45) is 6.51. The van der Waals surface area contributed by atoms with Crippen LogP contribution in [0.2, 0.25) is 0 Å². The molecule has 0 radical (unpaired) electrons. The lowest BCUT2D eigenvalue weighted by Gasteiger charge is -2.48. The van der Waals surface area contributed by atoms with Crippen LogP contribution in [0, 0.1) is 0 Å². The highest BCUT2D eigenvalue weighted by molar-refractivity contribution is 5.84. The van der Waals surface area contributed by atoms with Crippen LogP contribution in [0.5, 0.6) is 17.2 Å². The zero-order valence-electron chi connectivity index (χ0n) is 21.7. The van der Waals surface area contributed by atoms with Crippen LogP contribution in [0.15, 0.2) is 43.0 Å². The van der Waals surface area contributed by atoms with Crippen molar-refractivity contribution in [1.29, 1.82) is 0 Å². The second kappa shape index (κ2) is 12.3. The first-order chi connectivity index (χ1) is 18.0. The molecule has 2 aliphatic heterocycles. The van der Waals surface area contributed by atoms with Gasteiger partial charge in [-0.3, -0.25) is 9.69 Å². The van der Waals surface area contributed by atoms with Crippen LogP contribution in [0.25, 0.3) is 11.1 Å². The normalized spacial score (nSPS) is 21.4. The molecule has 0 aromatic heterocycles. The second-order valence-electron chi connectivity index (χ2n) is 9.36. The van der Waals surface area contributed by atoms with Crippen molar-refractivity contribution in [3.63, 3.8) is 0 Å². The third-order valence-corrected chi connectivity index (χ3v) is 7.22. The van der Waals surface area contributed by atoms with Crippen LogP contribution >= 0.6 is 0 Å². The van der Waals surface area contributed by atoms with Gasteiger partial charge in [-0.05, 0) is 60.8 Å². The molecule has 0 aliphatic carbocycles. The molecule has 3 atom stereocenters. The molecule has 37 heavy (non-hydrogen) atoms. The molecule has 2 fully saturated rings. The van der Waals surface area contributed by atoms with Crippen LogP contribution in [0.4, 0.5) is 0 Å². The largest absolute Gasteiger partial charge is 0.493 e. The molecule has 0 bridgehead atoms. The van der Waals surface area contributed by atoms with Crippen LogP contribution in [0.3, 0.4) is 0 Å². The number of carbonyl (C=O) groups excluding carboxylic acids is 2. The molecule has 4 rings (SSSR count). The van der Waals surface area contributed by atoms with E-state index in [2.05, 4.69) is 11.5 Å². The van der Waals surface area contributed by atoms with Crippen molar-refractivity contribution in [2.24, 2.45) is 0 Å². The van der Waals surface area contributed by atoms with Gasteiger partial charge < -0.3 is 23.7 Å². The number of hydrogen-bond acceptors (Lipinski definition) is 8. The predicted octanol–water partition coefficient (Wildman–Crippen LogP) is 4.95. The number of esters is 1. The van der Waals surface area contributed by atoms with E-state index < -0.39 is 5.97 Å². The topological polar surface area (TPSA) is 83.5 Å². The molecule has 2 aromatic carbocycles. The Morgan fingerprint density at radius 2 is 1.81 bits per heavy atom. The first-order valence-electron chi connectivity index (χ1n) is 12.6. The summed E-state index contributed by atoms with van der Waals surface area (Å²) < 4.78 is 28.2. The fourth-order valence-electron chi connectivity index (χ4n) is 5.57. The first-order valence-corrected chi connectivity index (χ1v) is 12.6. The molecule has 0 saturated carbocycles. The number of aldehydes is 1. The minimum atomic E-state index is -0.408. The maximum Gasteiger partial charge on any atom is 0.330 e. The van der Waals surface area contributed by atoms with E-state index >= 15 is 0 Å². The van der Waals surface area contributed by atoms with E-state index in [0.717, 1.165) is 55.2 Å². The molecule has 2 aliphatic rings. The van der Waals surface area contributed by atoms with Gasteiger partial charge in [0.15, 0.2) is 18.3 Å². The third kappa shape index (κ3) is 5.81. The third-order valence-electron chi connectivity index (χ3n) is 7.22. The number of hydrogen-bond donors (Lipinski definition) is 0. The molecule has 0 unspecified atom stereocenters. The van der Waals surface area contributed by atoms with E-state index in [1.165, 1.54) is 6.08 Å². The molecule has 0 spiro atoms. The Hall–Kier alpha value is -3.36. The Morgan fingerprint density at radius 1 is 1.03 bits per heavy atom. The van der Waals surface area contributed by atoms with Gasteiger partial charge in [0.25, 0.3) is 0 Å². The highest BCUT2D eigenvalue weighted by atomic mass is 16.7. The lowest BCUT2D eigenvalue weighted by molar-refractivity contribution is -0.148. The van der Waals surface area contributed by atoms with E-state index in [1.54, 1.807) is 33.5 Å². The van der Waals surface area contributed by atoms with Crippen molar-refractivity contribution in [2.75, 3.05) is 34.7 Å². The van der Waals surface area contributed by atoms with E-state index in [1.807, 2.05) is 18.2 Å². The highest BCUT2D eigenvalue weighted by Crippen LogP contribution is 2.47. The van der Waals surface area contributed by atoms with Crippen molar-refractivity contribution >= 4 is 12.3 Å². The van der Waals surface area contributed by atoms with Crippen molar-refractivity contribution in [3.8, 4) is 28.4 Å². The number of fused-ring (bicyclic) bond motifs is 1. The molecule has 2 saturated heterocycles. The molecule has 0 amide bonds. The fourth-order valence-corrected chi connectivity index (χ4v) is 5.57. The number of rotatable bonds is 10. The average Bonchev–Trinajstić information content (AvgIpc) is 2.94. The molecule has 2 aromatic rings. The van der Waals surface area contributed by atoms with Crippen molar-refractivity contribution in [2.45, 2.75) is 50.3 Å². The minimum Gasteiger partial charge on any atom is -0.493 e. The molecule has 8 heteroatoms. The van der Waals surface area contributed by atoms with E-state index in [9.17, 15) is 9.59 Å². The van der Waals surface area contributed by atoms with Gasteiger partial charge in [-0.25, -0.2) is 4.79 Å². The minimum absolute atomic E-state index is 0.0494. The van der Waals surface area contributed by atoms with Gasteiger partial charge in [0, 0.05) is 49.2 Å². The average molecular weight is 510 g/mol. The Kier molecular flexibility index (Phi) is 8.84. The van der Waals surface area contributed by atoms with Crippen molar-refractivity contribution < 1.29 is 33.3 Å². The quantitative estimate of drug-likeness (QED) is 0.193. The molecule has 2 heterocycles. The summed E-state index contributed by atoms with van der Waals surface area (Å²) in [5, 5.41) is 0. The number of piperidine rings is 2. The summed E-state index contributed by atoms with van der Waals surface area (Å²) in [4.78, 5) is 26.4. The van der Waals surface area contributed by atoms with E-state index in [-0.39, 0.29) is 18.9 Å². The Balaban J connectivity index is 1.89. The standard InChI is InChI=1S/C29H35NO7/c1-5-29(32)37-21-13-20-8-6-7-11-30(20)25(14-21)23-16-28(35-4)27(34-3)15-22(23)24-12-19(17-31)9-10-26(24)36-18-33-2/h5,9-10,12,15-17,20-21,25H,1,6-8,11,13-14,18H2,2-4H3/t20-,21+,25+/m1/s1. The monoisotopic (exact) mass is 509 g/mol. The molecule has 8 nitrogen and oxygen atoms in total. The first kappa shape index (κ1) is 26.7. The summed E-state index contributed by atoms with van der Waals surface area (Å²) >= 11 is 0. The smallest absolute Gasteiger partial charge is 0.330 e. The van der Waals surface area contributed by atoms with Gasteiger partial charge in [0.05, 0.1) is 14.2 Å². The summed E-state index contributed by atoms with van der Waals surface area (Å²) in [5.41, 5.74) is 3.13. The second-order valence-corrected chi connectivity index (χ2v) is 9.36. The number of ether oxygens (including phenoxy) is 5. The zero-order chi connectivity index (χ0) is 26.4. The van der Waals surface area contributed by atoms with Crippen LogP contribution in [-0.4, -0.2) is 64.0 Å². The number of benzene rings is 2. The lowest BCUT2D eigenvalue weighted by atomic mass is 9.81. The maximum atomic E-state index is 12.1. The van der Waals surface area contributed by atoms with Gasteiger partial charge >= 0.3 is 5.97 Å². The molecule has 0 N–H and O–H groups in total. The fraction of sp³-hybridized carbons (Fsp3) is 0.448. The number of carbonyl (C=O) groups is 2. The lowest BCUT2D eigenvalue weighted by Crippen LogP contribution is -2.49. The van der Waals surface area contributed by atoms with Crippen molar-refractivity contribution in [3.05, 3.63) is 54.1 Å². The van der Waals surface area contributed by atoms with Gasteiger partial charge in [-0.2, -0.15) is 0 Å². The van der Waals surface area contributed by atoms with Gasteiger partial charge in [0.2, 0.25) is 0 Å². The molecular formula is C29H35NO7. The zero-order valence-corrected chi connectivity index (χ0v) is 21.7. The van der Waals surface area contributed by atoms with Gasteiger partial charge in [-0.15, -0.1) is 0 Å². The Morgan fingerprint density at radius 3 is 2.51 bits per heavy atom. The SMILES string of the molecule is C=CC(=O)O[C@H]1C[C@H]2CCCCN2[C@H](c2cc(OC)c(OC)cc2-c2cc(C=O)ccc2OCOC)C1. The molecular weight excluding hydrogens is 474 g/mol. The van der Waals surface area contributed by atoms with Crippen molar-refractivity contribution in [1.82, 2.24) is 4.90 Å². The summed E-state index contributed by atoms with van der Waals surface area (Å²) in [5.74, 6) is 1.35. The van der Waals surface area contributed by atoms with Crippen LogP contribution in [0.1, 0.15) is 54.1 Å². The Bertz CT molecular complexity index is 1130. The summed E-state index contributed by atoms with van der Waals surface area (Å²) in [6, 6.07) is 9.47. The van der Waals surface area contributed by atoms with Crippen LogP contribution in [-0.2, 0) is 14.3 Å². The summed E-state index contributed by atoms with van der Waals surface area (Å²) in [6.45, 7) is 4.58. The summed E-state index contributed by atoms with van der Waals surface area (Å²) in [7, 11) is 4.77. The van der Waals surface area contributed by atoms with E-state index in [0.29, 0.717) is 35.3 Å². The predicted molar refractivity (Wildman–Crippen MR) is 139 cm³/mol. The van der Waals surface area contributed by atoms with E-state index in [4.69, 9.17) is 23.7 Å².